The highest BCUT2D eigenvalue weighted by molar-refractivity contribution is 7.80. The number of hydrogen-bond acceptors (Lipinski definition) is 4. The maximum atomic E-state index is 12.3. The molecule has 2 rings (SSSR count). The number of ether oxygens (including phenoxy) is 1. The summed E-state index contributed by atoms with van der Waals surface area (Å²) in [6, 6.07) is 7.35. The van der Waals surface area contributed by atoms with E-state index in [9.17, 15) is 4.79 Å². The van der Waals surface area contributed by atoms with Crippen LogP contribution in [0.15, 0.2) is 41.8 Å². The summed E-state index contributed by atoms with van der Waals surface area (Å²) >= 11 is 12.9. The van der Waals surface area contributed by atoms with Gasteiger partial charge < -0.3 is 15.4 Å². The lowest BCUT2D eigenvalue weighted by molar-refractivity contribution is 0.0603. The third-order valence-electron chi connectivity index (χ3n) is 3.12. The second kappa shape index (κ2) is 8.28. The van der Waals surface area contributed by atoms with E-state index in [1.54, 1.807) is 6.07 Å². The molecule has 2 N–H and O–H groups in total. The number of esters is 1. The molecule has 0 unspecified atom stereocenters. The maximum absolute atomic E-state index is 12.3. The van der Waals surface area contributed by atoms with Crippen molar-refractivity contribution in [2.75, 3.05) is 19.0 Å². The van der Waals surface area contributed by atoms with Crippen LogP contribution < -0.4 is 10.6 Å². The zero-order valence-corrected chi connectivity index (χ0v) is 15.7. The van der Waals surface area contributed by atoms with Crippen molar-refractivity contribution in [3.8, 4) is 11.1 Å². The lowest BCUT2D eigenvalue weighted by atomic mass is 10.0. The van der Waals surface area contributed by atoms with Gasteiger partial charge in [-0.1, -0.05) is 42.0 Å². The summed E-state index contributed by atoms with van der Waals surface area (Å²) < 4.78 is 4.92. The SMILES string of the molecule is C=C(C)CNC(=S)Nc1scc(-c2ccccc2Cl)c1C(=O)OC. The number of methoxy groups -OCH3 is 1. The molecule has 0 saturated heterocycles. The topological polar surface area (TPSA) is 50.4 Å². The molecule has 4 nitrogen and oxygen atoms in total. The van der Waals surface area contributed by atoms with Crippen molar-refractivity contribution in [3.63, 3.8) is 0 Å². The van der Waals surface area contributed by atoms with Crippen LogP contribution in [0.2, 0.25) is 5.02 Å². The van der Waals surface area contributed by atoms with Crippen molar-refractivity contribution < 1.29 is 9.53 Å². The van der Waals surface area contributed by atoms with E-state index in [4.69, 9.17) is 28.6 Å². The molecule has 0 aliphatic rings. The maximum Gasteiger partial charge on any atom is 0.341 e. The molecule has 0 spiro atoms. The fourth-order valence-electron chi connectivity index (χ4n) is 2.01. The molecule has 7 heteroatoms. The zero-order chi connectivity index (χ0) is 17.7. The number of thiocarbonyl (C=S) groups is 1. The summed E-state index contributed by atoms with van der Waals surface area (Å²) in [5.74, 6) is -0.448. The van der Waals surface area contributed by atoms with Gasteiger partial charge in [-0.25, -0.2) is 4.79 Å². The first-order valence-corrected chi connectivity index (χ1v) is 8.74. The van der Waals surface area contributed by atoms with Gasteiger partial charge in [-0.2, -0.15) is 0 Å². The summed E-state index contributed by atoms with van der Waals surface area (Å²) in [6.45, 7) is 6.27. The Morgan fingerprint density at radius 1 is 1.38 bits per heavy atom. The first-order chi connectivity index (χ1) is 11.4. The molecule has 0 bridgehead atoms. The molecular formula is C17H17ClN2O2S2. The smallest absolute Gasteiger partial charge is 0.341 e. The molecule has 0 saturated carbocycles. The Balaban J connectivity index is 2.36. The van der Waals surface area contributed by atoms with Crippen molar-refractivity contribution in [1.29, 1.82) is 0 Å². The molecule has 0 fully saturated rings. The van der Waals surface area contributed by atoms with Gasteiger partial charge in [0.2, 0.25) is 0 Å². The van der Waals surface area contributed by atoms with E-state index < -0.39 is 5.97 Å². The number of nitrogens with one attached hydrogen (secondary N) is 2. The highest BCUT2D eigenvalue weighted by Crippen LogP contribution is 2.38. The molecule has 2 aromatic rings. The van der Waals surface area contributed by atoms with Gasteiger partial charge in [0.15, 0.2) is 5.11 Å². The predicted octanol–water partition coefficient (Wildman–Crippen LogP) is 4.72. The lowest BCUT2D eigenvalue weighted by Crippen LogP contribution is -2.29. The molecule has 24 heavy (non-hydrogen) atoms. The minimum Gasteiger partial charge on any atom is -0.465 e. The largest absolute Gasteiger partial charge is 0.465 e. The average Bonchev–Trinajstić information content (AvgIpc) is 2.96. The van der Waals surface area contributed by atoms with Crippen LogP contribution in [0.5, 0.6) is 0 Å². The van der Waals surface area contributed by atoms with Gasteiger partial charge in [0.25, 0.3) is 0 Å². The van der Waals surface area contributed by atoms with E-state index in [1.165, 1.54) is 18.4 Å². The summed E-state index contributed by atoms with van der Waals surface area (Å²) in [6.07, 6.45) is 0. The molecule has 1 heterocycles. The van der Waals surface area contributed by atoms with Crippen LogP contribution in [0.4, 0.5) is 5.00 Å². The number of thiophene rings is 1. The fraction of sp³-hybridized carbons (Fsp3) is 0.176. The Morgan fingerprint density at radius 3 is 2.71 bits per heavy atom. The Bertz CT molecular complexity index is 787. The highest BCUT2D eigenvalue weighted by Gasteiger charge is 2.22. The van der Waals surface area contributed by atoms with Gasteiger partial charge >= 0.3 is 5.97 Å². The van der Waals surface area contributed by atoms with E-state index in [0.29, 0.717) is 32.8 Å². The standard InChI is InChI=1S/C17H17ClN2O2S2/c1-10(2)8-19-17(23)20-15-14(16(21)22-3)12(9-24-15)11-6-4-5-7-13(11)18/h4-7,9H,1,8H2,2-3H3,(H2,19,20,23). The number of halogens is 1. The van der Waals surface area contributed by atoms with Crippen LogP contribution in [-0.4, -0.2) is 24.7 Å². The summed E-state index contributed by atoms with van der Waals surface area (Å²) in [5, 5.41) is 9.51. The minimum atomic E-state index is -0.448. The summed E-state index contributed by atoms with van der Waals surface area (Å²) in [4.78, 5) is 12.3. The highest BCUT2D eigenvalue weighted by atomic mass is 35.5. The first-order valence-electron chi connectivity index (χ1n) is 7.08. The van der Waals surface area contributed by atoms with Gasteiger partial charge in [-0.15, -0.1) is 11.3 Å². The van der Waals surface area contributed by atoms with Crippen molar-refractivity contribution in [2.45, 2.75) is 6.92 Å². The van der Waals surface area contributed by atoms with Crippen molar-refractivity contribution in [3.05, 3.63) is 52.4 Å². The van der Waals surface area contributed by atoms with Crippen LogP contribution >= 0.6 is 35.2 Å². The molecule has 0 amide bonds. The molecular weight excluding hydrogens is 364 g/mol. The average molecular weight is 381 g/mol. The van der Waals surface area contributed by atoms with E-state index in [2.05, 4.69) is 17.2 Å². The Hall–Kier alpha value is -1.89. The van der Waals surface area contributed by atoms with Crippen LogP contribution in [-0.2, 0) is 4.74 Å². The van der Waals surface area contributed by atoms with Crippen LogP contribution in [0.3, 0.4) is 0 Å². The molecule has 1 aromatic heterocycles. The van der Waals surface area contributed by atoms with E-state index in [1.807, 2.05) is 30.5 Å². The van der Waals surface area contributed by atoms with E-state index in [-0.39, 0.29) is 0 Å². The van der Waals surface area contributed by atoms with Crippen molar-refractivity contribution in [2.24, 2.45) is 0 Å². The van der Waals surface area contributed by atoms with Gasteiger partial charge in [-0.3, -0.25) is 0 Å². The van der Waals surface area contributed by atoms with Gasteiger partial charge in [0.05, 0.1) is 7.11 Å². The van der Waals surface area contributed by atoms with Crippen molar-refractivity contribution in [1.82, 2.24) is 5.32 Å². The monoisotopic (exact) mass is 380 g/mol. The van der Waals surface area contributed by atoms with Gasteiger partial charge in [0.1, 0.15) is 10.6 Å². The number of anilines is 1. The van der Waals surface area contributed by atoms with Crippen molar-refractivity contribution >= 4 is 51.2 Å². The number of rotatable bonds is 5. The first kappa shape index (κ1) is 18.4. The Kier molecular flexibility index (Phi) is 6.36. The number of carbonyl (C=O) groups excluding carboxylic acids is 1. The summed E-state index contributed by atoms with van der Waals surface area (Å²) in [5.41, 5.74) is 2.85. The normalized spacial score (nSPS) is 10.1. The second-order valence-electron chi connectivity index (χ2n) is 5.09. The predicted molar refractivity (Wildman–Crippen MR) is 105 cm³/mol. The number of carbonyl (C=O) groups is 1. The Labute approximate surface area is 155 Å². The summed E-state index contributed by atoms with van der Waals surface area (Å²) in [7, 11) is 1.35. The molecule has 0 aliphatic heterocycles. The van der Waals surface area contributed by atoms with Gasteiger partial charge in [-0.05, 0) is 25.2 Å². The lowest BCUT2D eigenvalue weighted by Gasteiger charge is -2.11. The third kappa shape index (κ3) is 4.35. The van der Waals surface area contributed by atoms with E-state index >= 15 is 0 Å². The second-order valence-corrected chi connectivity index (χ2v) is 6.78. The zero-order valence-electron chi connectivity index (χ0n) is 13.3. The minimum absolute atomic E-state index is 0.412. The van der Waals surface area contributed by atoms with Crippen LogP contribution in [0.25, 0.3) is 11.1 Å². The molecule has 1 aromatic carbocycles. The number of hydrogen-bond donors (Lipinski definition) is 2. The molecule has 0 aliphatic carbocycles. The molecule has 126 valence electrons. The number of benzene rings is 1. The molecule has 0 atom stereocenters. The van der Waals surface area contributed by atoms with Crippen LogP contribution in [0.1, 0.15) is 17.3 Å². The van der Waals surface area contributed by atoms with E-state index in [0.717, 1.165) is 11.1 Å². The fourth-order valence-corrected chi connectivity index (χ4v) is 3.44. The quantitative estimate of drug-likeness (QED) is 0.446. The molecule has 0 radical (unpaired) electrons. The Morgan fingerprint density at radius 2 is 2.08 bits per heavy atom. The van der Waals surface area contributed by atoms with Crippen LogP contribution in [0, 0.1) is 0 Å². The van der Waals surface area contributed by atoms with Gasteiger partial charge in [0, 0.05) is 28.1 Å². The third-order valence-corrected chi connectivity index (χ3v) is 4.59.